The molecule has 1 amide bonds. The first-order chi connectivity index (χ1) is 14.0. The van der Waals surface area contributed by atoms with E-state index < -0.39 is 0 Å². The van der Waals surface area contributed by atoms with E-state index in [1.165, 1.54) is 5.56 Å². The lowest BCUT2D eigenvalue weighted by molar-refractivity contribution is 0.102. The number of nitrogens with zero attached hydrogens (tertiary/aromatic N) is 2. The molecule has 0 atom stereocenters. The molecule has 0 aliphatic rings. The van der Waals surface area contributed by atoms with Gasteiger partial charge in [0.1, 0.15) is 0 Å². The molecule has 2 N–H and O–H groups in total. The fourth-order valence-corrected chi connectivity index (χ4v) is 3.26. The zero-order chi connectivity index (χ0) is 20.4. The van der Waals surface area contributed by atoms with E-state index in [1.807, 2.05) is 24.3 Å². The number of carbonyl (C=O) groups excluding carboxylic acids is 1. The van der Waals surface area contributed by atoms with Gasteiger partial charge in [-0.2, -0.15) is 10.4 Å². The lowest BCUT2D eigenvalue weighted by Crippen LogP contribution is -2.12. The van der Waals surface area contributed by atoms with Gasteiger partial charge in [0.05, 0.1) is 17.1 Å². The van der Waals surface area contributed by atoms with E-state index in [-0.39, 0.29) is 5.91 Å². The third-order valence-electron chi connectivity index (χ3n) is 4.96. The number of hydrogen-bond acceptors (Lipinski definition) is 3. The van der Waals surface area contributed by atoms with E-state index in [0.29, 0.717) is 22.9 Å². The molecule has 0 bridgehead atoms. The van der Waals surface area contributed by atoms with Gasteiger partial charge in [0, 0.05) is 10.9 Å². The highest BCUT2D eigenvalue weighted by Gasteiger charge is 2.12. The minimum Gasteiger partial charge on any atom is -0.305 e. The lowest BCUT2D eigenvalue weighted by atomic mass is 9.98. The number of amides is 1. The molecule has 29 heavy (non-hydrogen) atoms. The number of anilines is 1. The Morgan fingerprint density at radius 1 is 1.03 bits per heavy atom. The van der Waals surface area contributed by atoms with Gasteiger partial charge in [-0.25, -0.2) is 0 Å². The number of H-pyrrole nitrogens is 1. The lowest BCUT2D eigenvalue weighted by Gasteiger charge is -2.07. The van der Waals surface area contributed by atoms with Crippen molar-refractivity contribution in [3.05, 3.63) is 83.4 Å². The number of carbonyl (C=O) groups is 1. The third kappa shape index (κ3) is 3.74. The number of aromatic nitrogens is 2. The normalized spacial score (nSPS) is 10.8. The highest BCUT2D eigenvalue weighted by Crippen LogP contribution is 2.28. The van der Waals surface area contributed by atoms with E-state index >= 15 is 0 Å². The molecule has 0 saturated heterocycles. The Bertz CT molecular complexity index is 1230. The first-order valence-corrected chi connectivity index (χ1v) is 9.45. The molecule has 0 aliphatic carbocycles. The predicted molar refractivity (Wildman–Crippen MR) is 115 cm³/mol. The van der Waals surface area contributed by atoms with E-state index in [2.05, 4.69) is 53.6 Å². The van der Waals surface area contributed by atoms with E-state index in [9.17, 15) is 4.79 Å². The van der Waals surface area contributed by atoms with Gasteiger partial charge in [-0.15, -0.1) is 0 Å². The summed E-state index contributed by atoms with van der Waals surface area (Å²) in [6.07, 6.45) is 0. The maximum Gasteiger partial charge on any atom is 0.256 e. The molecule has 0 saturated carbocycles. The zero-order valence-corrected chi connectivity index (χ0v) is 16.2. The molecule has 0 fully saturated rings. The summed E-state index contributed by atoms with van der Waals surface area (Å²) in [4.78, 5) is 12.5. The van der Waals surface area contributed by atoms with E-state index in [1.54, 1.807) is 24.3 Å². The van der Waals surface area contributed by atoms with Gasteiger partial charge in [-0.05, 0) is 52.9 Å². The second-order valence-corrected chi connectivity index (χ2v) is 7.26. The Kier molecular flexibility index (Phi) is 4.84. The Balaban J connectivity index is 1.59. The number of benzene rings is 3. The Labute approximate surface area is 169 Å². The highest BCUT2D eigenvalue weighted by atomic mass is 16.1. The molecule has 1 aromatic heterocycles. The Morgan fingerprint density at radius 3 is 2.52 bits per heavy atom. The number of nitriles is 1. The molecular weight excluding hydrogens is 360 g/mol. The summed E-state index contributed by atoms with van der Waals surface area (Å²) in [7, 11) is 0. The van der Waals surface area contributed by atoms with Crippen LogP contribution in [0.3, 0.4) is 0 Å². The quantitative estimate of drug-likeness (QED) is 0.492. The van der Waals surface area contributed by atoms with Crippen LogP contribution in [0, 0.1) is 11.3 Å². The van der Waals surface area contributed by atoms with Crippen molar-refractivity contribution < 1.29 is 4.79 Å². The molecule has 5 heteroatoms. The summed E-state index contributed by atoms with van der Waals surface area (Å²) >= 11 is 0. The van der Waals surface area contributed by atoms with Crippen LogP contribution in [0.4, 0.5) is 5.82 Å². The van der Waals surface area contributed by atoms with Crippen molar-refractivity contribution >= 4 is 22.6 Å². The molecule has 0 aliphatic heterocycles. The monoisotopic (exact) mass is 380 g/mol. The molecule has 5 nitrogen and oxygen atoms in total. The van der Waals surface area contributed by atoms with Gasteiger partial charge in [0.25, 0.3) is 5.91 Å². The summed E-state index contributed by atoms with van der Waals surface area (Å²) in [6, 6.07) is 23.2. The van der Waals surface area contributed by atoms with Crippen molar-refractivity contribution in [2.45, 2.75) is 19.8 Å². The summed E-state index contributed by atoms with van der Waals surface area (Å²) in [5.41, 5.74) is 5.22. The van der Waals surface area contributed by atoms with Crippen LogP contribution in [0.1, 0.15) is 41.3 Å². The first kappa shape index (κ1) is 18.5. The third-order valence-corrected chi connectivity index (χ3v) is 4.96. The average Bonchev–Trinajstić information content (AvgIpc) is 3.15. The summed E-state index contributed by atoms with van der Waals surface area (Å²) in [5, 5.41) is 19.9. The fourth-order valence-electron chi connectivity index (χ4n) is 3.26. The van der Waals surface area contributed by atoms with Crippen molar-refractivity contribution in [3.8, 4) is 17.2 Å². The first-order valence-electron chi connectivity index (χ1n) is 9.45. The van der Waals surface area contributed by atoms with Crippen molar-refractivity contribution in [1.82, 2.24) is 10.2 Å². The number of fused-ring (bicyclic) bond motifs is 1. The largest absolute Gasteiger partial charge is 0.305 e. The minimum atomic E-state index is -0.302. The molecular formula is C24H20N4O. The zero-order valence-electron chi connectivity index (χ0n) is 16.2. The van der Waals surface area contributed by atoms with Crippen LogP contribution in [0.15, 0.2) is 66.7 Å². The maximum atomic E-state index is 12.5. The maximum absolute atomic E-state index is 12.5. The van der Waals surface area contributed by atoms with Crippen LogP contribution in [0.25, 0.3) is 22.0 Å². The van der Waals surface area contributed by atoms with Crippen LogP contribution in [0.5, 0.6) is 0 Å². The van der Waals surface area contributed by atoms with Crippen LogP contribution in [0.2, 0.25) is 0 Å². The van der Waals surface area contributed by atoms with Gasteiger partial charge in [-0.3, -0.25) is 9.89 Å². The second kappa shape index (κ2) is 7.61. The van der Waals surface area contributed by atoms with E-state index in [4.69, 9.17) is 5.26 Å². The number of rotatable bonds is 4. The van der Waals surface area contributed by atoms with Crippen molar-refractivity contribution in [2.75, 3.05) is 5.32 Å². The number of aromatic amines is 1. The van der Waals surface area contributed by atoms with Crippen LogP contribution in [-0.4, -0.2) is 16.1 Å². The number of nitrogens with one attached hydrogen (secondary N) is 2. The Hall–Kier alpha value is -3.91. The smallest absolute Gasteiger partial charge is 0.256 e. The van der Waals surface area contributed by atoms with Gasteiger partial charge in [0.15, 0.2) is 5.82 Å². The van der Waals surface area contributed by atoms with Crippen molar-refractivity contribution in [1.29, 1.82) is 5.26 Å². The standard InChI is InChI=1S/C24H20N4O/c1-15(2)17-6-8-18(9-7-17)19-10-11-21-22(13-19)27-28-23(21)26-24(29)20-5-3-4-16(12-20)14-25/h3-13,15H,1-2H3,(H2,26,27,28,29). The highest BCUT2D eigenvalue weighted by molar-refractivity contribution is 6.08. The summed E-state index contributed by atoms with van der Waals surface area (Å²) < 4.78 is 0. The predicted octanol–water partition coefficient (Wildman–Crippen LogP) is 5.48. The topological polar surface area (TPSA) is 81.6 Å². The fraction of sp³-hybridized carbons (Fsp3) is 0.125. The molecule has 1 heterocycles. The Morgan fingerprint density at radius 2 is 1.79 bits per heavy atom. The molecule has 4 aromatic rings. The molecule has 0 spiro atoms. The van der Waals surface area contributed by atoms with Crippen molar-refractivity contribution in [2.24, 2.45) is 0 Å². The molecule has 4 rings (SSSR count). The molecule has 0 radical (unpaired) electrons. The average molecular weight is 380 g/mol. The molecule has 142 valence electrons. The summed E-state index contributed by atoms with van der Waals surface area (Å²) in [5.74, 6) is 0.664. The van der Waals surface area contributed by atoms with Crippen LogP contribution < -0.4 is 5.32 Å². The van der Waals surface area contributed by atoms with Gasteiger partial charge >= 0.3 is 0 Å². The minimum absolute atomic E-state index is 0.302. The van der Waals surface area contributed by atoms with Gasteiger partial charge in [0.2, 0.25) is 0 Å². The van der Waals surface area contributed by atoms with Gasteiger partial charge in [-0.1, -0.05) is 50.2 Å². The van der Waals surface area contributed by atoms with Crippen LogP contribution in [-0.2, 0) is 0 Å². The molecule has 3 aromatic carbocycles. The van der Waals surface area contributed by atoms with Gasteiger partial charge < -0.3 is 5.32 Å². The van der Waals surface area contributed by atoms with Crippen molar-refractivity contribution in [3.63, 3.8) is 0 Å². The van der Waals surface area contributed by atoms with E-state index in [0.717, 1.165) is 22.0 Å². The second-order valence-electron chi connectivity index (χ2n) is 7.26. The van der Waals surface area contributed by atoms with Crippen LogP contribution >= 0.6 is 0 Å². The number of hydrogen-bond donors (Lipinski definition) is 2. The molecule has 0 unspecified atom stereocenters. The SMILES string of the molecule is CC(C)c1ccc(-c2ccc3c(NC(=O)c4cccc(C#N)c4)n[nH]c3c2)cc1. The summed E-state index contributed by atoms with van der Waals surface area (Å²) in [6.45, 7) is 4.36.